The van der Waals surface area contributed by atoms with Crippen LogP contribution in [0.4, 0.5) is 5.69 Å². The maximum atomic E-state index is 12.7. The smallest absolute Gasteiger partial charge is 0.339 e. The topological polar surface area (TPSA) is 46.6 Å². The molecule has 0 radical (unpaired) electrons. The van der Waals surface area contributed by atoms with Gasteiger partial charge in [0, 0.05) is 12.2 Å². The largest absolute Gasteiger partial charge is 0.449 e. The lowest BCUT2D eigenvalue weighted by Crippen LogP contribution is -2.39. The fourth-order valence-electron chi connectivity index (χ4n) is 3.10. The van der Waals surface area contributed by atoms with E-state index < -0.39 is 12.1 Å². The molecule has 0 N–H and O–H groups in total. The van der Waals surface area contributed by atoms with Crippen LogP contribution in [0, 0.1) is 13.8 Å². The van der Waals surface area contributed by atoms with Gasteiger partial charge in [0.25, 0.3) is 5.91 Å². The van der Waals surface area contributed by atoms with Crippen molar-refractivity contribution in [3.8, 4) is 0 Å². The number of carbonyl (C=O) groups is 2. The van der Waals surface area contributed by atoms with Crippen molar-refractivity contribution in [2.45, 2.75) is 33.3 Å². The average molecular weight is 323 g/mol. The van der Waals surface area contributed by atoms with Crippen LogP contribution in [0.15, 0.2) is 42.5 Å². The second kappa shape index (κ2) is 6.48. The molecule has 124 valence electrons. The van der Waals surface area contributed by atoms with Crippen molar-refractivity contribution in [1.82, 2.24) is 0 Å². The number of benzene rings is 2. The Bertz CT molecular complexity index is 797. The van der Waals surface area contributed by atoms with Gasteiger partial charge in [-0.2, -0.15) is 0 Å². The third kappa shape index (κ3) is 3.04. The maximum Gasteiger partial charge on any atom is 0.339 e. The zero-order valence-electron chi connectivity index (χ0n) is 14.2. The molecule has 1 atom stereocenters. The summed E-state index contributed by atoms with van der Waals surface area (Å²) in [6, 6.07) is 13.4. The SMILES string of the molecule is Cc1ccc(C(=O)O[C@@H](C)C(=O)N2CCc3ccccc32)c(C)c1. The van der Waals surface area contributed by atoms with Crippen molar-refractivity contribution >= 4 is 17.6 Å². The van der Waals surface area contributed by atoms with Crippen molar-refractivity contribution in [3.05, 3.63) is 64.7 Å². The normalized spacial score (nSPS) is 14.2. The molecular formula is C20H21NO3. The summed E-state index contributed by atoms with van der Waals surface area (Å²) in [7, 11) is 0. The Morgan fingerprint density at radius 2 is 1.88 bits per heavy atom. The summed E-state index contributed by atoms with van der Waals surface area (Å²) in [5, 5.41) is 0. The predicted molar refractivity (Wildman–Crippen MR) is 93.3 cm³/mol. The number of anilines is 1. The highest BCUT2D eigenvalue weighted by atomic mass is 16.5. The van der Waals surface area contributed by atoms with E-state index in [9.17, 15) is 9.59 Å². The summed E-state index contributed by atoms with van der Waals surface area (Å²) < 4.78 is 5.42. The Morgan fingerprint density at radius 1 is 1.12 bits per heavy atom. The van der Waals surface area contributed by atoms with Gasteiger partial charge in [-0.05, 0) is 50.5 Å². The monoisotopic (exact) mass is 323 g/mol. The van der Waals surface area contributed by atoms with E-state index in [0.717, 1.165) is 28.8 Å². The summed E-state index contributed by atoms with van der Waals surface area (Å²) in [6.07, 6.45) is 0.0176. The van der Waals surface area contributed by atoms with Crippen LogP contribution in [-0.2, 0) is 16.0 Å². The molecule has 0 saturated carbocycles. The second-order valence-electron chi connectivity index (χ2n) is 6.23. The first kappa shape index (κ1) is 16.2. The number of rotatable bonds is 3. The fourth-order valence-corrected chi connectivity index (χ4v) is 3.10. The van der Waals surface area contributed by atoms with E-state index in [2.05, 4.69) is 0 Å². The van der Waals surface area contributed by atoms with Crippen LogP contribution >= 0.6 is 0 Å². The summed E-state index contributed by atoms with van der Waals surface area (Å²) in [5.41, 5.74) is 4.51. The first-order valence-corrected chi connectivity index (χ1v) is 8.15. The van der Waals surface area contributed by atoms with E-state index in [1.807, 2.05) is 50.2 Å². The molecule has 2 aromatic carbocycles. The molecule has 0 fully saturated rings. The Morgan fingerprint density at radius 3 is 2.62 bits per heavy atom. The van der Waals surface area contributed by atoms with Crippen molar-refractivity contribution in [2.24, 2.45) is 0 Å². The highest BCUT2D eigenvalue weighted by Crippen LogP contribution is 2.28. The fraction of sp³-hybridized carbons (Fsp3) is 0.300. The molecule has 4 heteroatoms. The van der Waals surface area contributed by atoms with Crippen molar-refractivity contribution in [1.29, 1.82) is 0 Å². The lowest BCUT2D eigenvalue weighted by Gasteiger charge is -2.22. The number of para-hydroxylation sites is 1. The Hall–Kier alpha value is -2.62. The van der Waals surface area contributed by atoms with Crippen LogP contribution in [0.5, 0.6) is 0 Å². The Labute approximate surface area is 142 Å². The number of aryl methyl sites for hydroxylation is 2. The number of fused-ring (bicyclic) bond motifs is 1. The highest BCUT2D eigenvalue weighted by Gasteiger charge is 2.30. The Balaban J connectivity index is 1.72. The zero-order chi connectivity index (χ0) is 17.3. The number of hydrogen-bond acceptors (Lipinski definition) is 3. The number of amides is 1. The second-order valence-corrected chi connectivity index (χ2v) is 6.23. The van der Waals surface area contributed by atoms with Gasteiger partial charge >= 0.3 is 5.97 Å². The predicted octanol–water partition coefficient (Wildman–Crippen LogP) is 3.44. The molecule has 0 unspecified atom stereocenters. The molecule has 1 aliphatic rings. The van der Waals surface area contributed by atoms with Gasteiger partial charge in [0.15, 0.2) is 6.10 Å². The molecule has 1 heterocycles. The third-order valence-corrected chi connectivity index (χ3v) is 4.39. The standard InChI is InChI=1S/C20H21NO3/c1-13-8-9-17(14(2)12-13)20(23)24-15(3)19(22)21-11-10-16-6-4-5-7-18(16)21/h4-9,12,15H,10-11H2,1-3H3/t15-/m0/s1. The Kier molecular flexibility index (Phi) is 4.38. The summed E-state index contributed by atoms with van der Waals surface area (Å²) in [6.45, 7) is 6.10. The third-order valence-electron chi connectivity index (χ3n) is 4.39. The lowest BCUT2D eigenvalue weighted by atomic mass is 10.1. The molecule has 4 nitrogen and oxygen atoms in total. The summed E-state index contributed by atoms with van der Waals surface area (Å²) in [5.74, 6) is -0.640. The van der Waals surface area contributed by atoms with Crippen LogP contribution in [0.2, 0.25) is 0 Å². The maximum absolute atomic E-state index is 12.7. The number of carbonyl (C=O) groups excluding carboxylic acids is 2. The van der Waals surface area contributed by atoms with Crippen LogP contribution < -0.4 is 4.90 Å². The minimum absolute atomic E-state index is 0.182. The number of hydrogen-bond donors (Lipinski definition) is 0. The van der Waals surface area contributed by atoms with Gasteiger partial charge in [-0.15, -0.1) is 0 Å². The lowest BCUT2D eigenvalue weighted by molar-refractivity contribution is -0.126. The van der Waals surface area contributed by atoms with Gasteiger partial charge in [0.05, 0.1) is 5.56 Å². The molecule has 2 aromatic rings. The van der Waals surface area contributed by atoms with E-state index in [0.29, 0.717) is 12.1 Å². The van der Waals surface area contributed by atoms with Crippen molar-refractivity contribution in [2.75, 3.05) is 11.4 Å². The minimum Gasteiger partial charge on any atom is -0.449 e. The first-order chi connectivity index (χ1) is 11.5. The minimum atomic E-state index is -0.815. The van der Waals surface area contributed by atoms with Gasteiger partial charge < -0.3 is 9.64 Å². The van der Waals surface area contributed by atoms with Gasteiger partial charge in [-0.3, -0.25) is 4.79 Å². The summed E-state index contributed by atoms with van der Waals surface area (Å²) in [4.78, 5) is 26.7. The van der Waals surface area contributed by atoms with E-state index in [1.54, 1.807) is 17.9 Å². The van der Waals surface area contributed by atoms with Gasteiger partial charge in [-0.25, -0.2) is 4.79 Å². The molecule has 3 rings (SSSR count). The molecule has 1 amide bonds. The van der Waals surface area contributed by atoms with Crippen LogP contribution in [0.3, 0.4) is 0 Å². The molecule has 0 aliphatic carbocycles. The van der Waals surface area contributed by atoms with Gasteiger partial charge in [0.1, 0.15) is 0 Å². The number of ether oxygens (including phenoxy) is 1. The zero-order valence-corrected chi connectivity index (χ0v) is 14.2. The molecule has 1 aliphatic heterocycles. The molecule has 0 spiro atoms. The van der Waals surface area contributed by atoms with Gasteiger partial charge in [0.2, 0.25) is 0 Å². The molecular weight excluding hydrogens is 302 g/mol. The molecule has 0 aromatic heterocycles. The van der Waals surface area contributed by atoms with Gasteiger partial charge in [-0.1, -0.05) is 35.9 Å². The average Bonchev–Trinajstić information content (AvgIpc) is 2.97. The molecule has 0 saturated heterocycles. The van der Waals surface area contributed by atoms with E-state index >= 15 is 0 Å². The van der Waals surface area contributed by atoms with Crippen molar-refractivity contribution < 1.29 is 14.3 Å². The number of esters is 1. The first-order valence-electron chi connectivity index (χ1n) is 8.15. The molecule has 24 heavy (non-hydrogen) atoms. The number of nitrogens with zero attached hydrogens (tertiary/aromatic N) is 1. The molecule has 0 bridgehead atoms. The summed E-state index contributed by atoms with van der Waals surface area (Å²) >= 11 is 0. The van der Waals surface area contributed by atoms with Crippen LogP contribution in [-0.4, -0.2) is 24.5 Å². The van der Waals surface area contributed by atoms with E-state index in [1.165, 1.54) is 0 Å². The van der Waals surface area contributed by atoms with E-state index in [4.69, 9.17) is 4.74 Å². The van der Waals surface area contributed by atoms with Crippen molar-refractivity contribution in [3.63, 3.8) is 0 Å². The van der Waals surface area contributed by atoms with E-state index in [-0.39, 0.29) is 5.91 Å². The highest BCUT2D eigenvalue weighted by molar-refractivity contribution is 6.00. The quantitative estimate of drug-likeness (QED) is 0.813. The van der Waals surface area contributed by atoms with Crippen LogP contribution in [0.25, 0.3) is 0 Å². The van der Waals surface area contributed by atoms with Crippen LogP contribution in [0.1, 0.15) is 34.0 Å².